The highest BCUT2D eigenvalue weighted by molar-refractivity contribution is 5.66. The van der Waals surface area contributed by atoms with Gasteiger partial charge in [-0.15, -0.1) is 0 Å². The van der Waals surface area contributed by atoms with Crippen molar-refractivity contribution in [3.63, 3.8) is 0 Å². The first-order chi connectivity index (χ1) is 14.0. The van der Waals surface area contributed by atoms with Crippen LogP contribution in [0.15, 0.2) is 54.6 Å². The molecule has 0 saturated heterocycles. The van der Waals surface area contributed by atoms with E-state index in [9.17, 15) is 14.9 Å². The smallest absolute Gasteiger partial charge is 0.303 e. The van der Waals surface area contributed by atoms with Crippen molar-refractivity contribution >= 4 is 11.7 Å². The first kappa shape index (κ1) is 21.0. The monoisotopic (exact) mass is 396 g/mol. The molecular formula is C23H28N2O4. The summed E-state index contributed by atoms with van der Waals surface area (Å²) < 4.78 is 0. The molecule has 0 spiro atoms. The van der Waals surface area contributed by atoms with Crippen LogP contribution in [-0.4, -0.2) is 28.1 Å². The van der Waals surface area contributed by atoms with E-state index in [1.165, 1.54) is 5.56 Å². The average molecular weight is 396 g/mol. The number of nitro benzene ring substituents is 1. The highest BCUT2D eigenvalue weighted by atomic mass is 16.6. The Hall–Kier alpha value is -2.73. The third-order valence-corrected chi connectivity index (χ3v) is 5.81. The lowest BCUT2D eigenvalue weighted by atomic mass is 9.92. The van der Waals surface area contributed by atoms with Gasteiger partial charge in [-0.05, 0) is 43.6 Å². The number of nitrogens with zero attached hydrogens (tertiary/aromatic N) is 1. The maximum Gasteiger partial charge on any atom is 0.303 e. The van der Waals surface area contributed by atoms with Crippen molar-refractivity contribution in [2.24, 2.45) is 5.92 Å². The number of rotatable bonds is 10. The highest BCUT2D eigenvalue weighted by Crippen LogP contribution is 2.32. The summed E-state index contributed by atoms with van der Waals surface area (Å²) in [6.45, 7) is 0. The highest BCUT2D eigenvalue weighted by Gasteiger charge is 2.31. The summed E-state index contributed by atoms with van der Waals surface area (Å²) in [5.41, 5.74) is 2.15. The SMILES string of the molecule is O=C(O)CCC(Cc1ccccc1)NC1CCCC1Cc1ccccc1[N+](=O)[O-]. The lowest BCUT2D eigenvalue weighted by Gasteiger charge is -2.27. The van der Waals surface area contributed by atoms with E-state index in [0.717, 1.165) is 31.2 Å². The number of nitrogens with one attached hydrogen (secondary N) is 1. The van der Waals surface area contributed by atoms with Crippen LogP contribution in [0.1, 0.15) is 43.2 Å². The maximum absolute atomic E-state index is 11.3. The molecule has 1 aliphatic rings. The van der Waals surface area contributed by atoms with E-state index >= 15 is 0 Å². The Balaban J connectivity index is 1.69. The van der Waals surface area contributed by atoms with Crippen LogP contribution in [0.25, 0.3) is 0 Å². The van der Waals surface area contributed by atoms with Gasteiger partial charge in [-0.2, -0.15) is 0 Å². The van der Waals surface area contributed by atoms with Crippen LogP contribution < -0.4 is 5.32 Å². The van der Waals surface area contributed by atoms with Crippen LogP contribution >= 0.6 is 0 Å². The predicted molar refractivity (Wildman–Crippen MR) is 112 cm³/mol. The molecule has 0 aliphatic heterocycles. The average Bonchev–Trinajstić information content (AvgIpc) is 3.13. The van der Waals surface area contributed by atoms with Gasteiger partial charge in [0.1, 0.15) is 0 Å². The second-order valence-corrected chi connectivity index (χ2v) is 7.87. The number of para-hydroxylation sites is 1. The van der Waals surface area contributed by atoms with Crippen LogP contribution in [0.4, 0.5) is 5.69 Å². The van der Waals surface area contributed by atoms with E-state index in [4.69, 9.17) is 5.11 Å². The standard InChI is InChI=1S/C23H28N2O4/c26-23(27)14-13-20(15-17-7-2-1-3-8-17)24-21-11-6-10-18(21)16-19-9-4-5-12-22(19)25(28)29/h1-5,7-9,12,18,20-21,24H,6,10-11,13-16H2,(H,26,27). The van der Waals surface area contributed by atoms with E-state index in [1.54, 1.807) is 12.1 Å². The molecule has 2 aromatic rings. The summed E-state index contributed by atoms with van der Waals surface area (Å²) in [6.07, 6.45) is 5.28. The van der Waals surface area contributed by atoms with Crippen LogP contribution in [-0.2, 0) is 17.6 Å². The molecule has 0 radical (unpaired) electrons. The third-order valence-electron chi connectivity index (χ3n) is 5.81. The molecular weight excluding hydrogens is 368 g/mol. The number of hydrogen-bond donors (Lipinski definition) is 2. The fourth-order valence-corrected chi connectivity index (χ4v) is 4.39. The second-order valence-electron chi connectivity index (χ2n) is 7.87. The Morgan fingerprint density at radius 3 is 2.59 bits per heavy atom. The number of benzene rings is 2. The fraction of sp³-hybridized carbons (Fsp3) is 0.435. The predicted octanol–water partition coefficient (Wildman–Crippen LogP) is 4.37. The van der Waals surface area contributed by atoms with Crippen LogP contribution in [0, 0.1) is 16.0 Å². The molecule has 6 heteroatoms. The molecule has 0 amide bonds. The Kier molecular flexibility index (Phi) is 7.36. The molecule has 0 heterocycles. The summed E-state index contributed by atoms with van der Waals surface area (Å²) in [4.78, 5) is 22.1. The normalized spacial score (nSPS) is 19.7. The zero-order valence-corrected chi connectivity index (χ0v) is 16.5. The Morgan fingerprint density at radius 1 is 1.14 bits per heavy atom. The Bertz CT molecular complexity index is 825. The van der Waals surface area contributed by atoms with Crippen molar-refractivity contribution in [2.75, 3.05) is 0 Å². The van der Waals surface area contributed by atoms with Crippen molar-refractivity contribution in [1.82, 2.24) is 5.32 Å². The van der Waals surface area contributed by atoms with Gasteiger partial charge in [0.05, 0.1) is 4.92 Å². The molecule has 3 unspecified atom stereocenters. The van der Waals surface area contributed by atoms with Gasteiger partial charge >= 0.3 is 5.97 Å². The van der Waals surface area contributed by atoms with Gasteiger partial charge in [-0.25, -0.2) is 0 Å². The van der Waals surface area contributed by atoms with Crippen molar-refractivity contribution in [3.05, 3.63) is 75.8 Å². The van der Waals surface area contributed by atoms with Gasteiger partial charge in [0.25, 0.3) is 5.69 Å². The Labute approximate surface area is 171 Å². The van der Waals surface area contributed by atoms with E-state index in [-0.39, 0.29) is 29.1 Å². The lowest BCUT2D eigenvalue weighted by Crippen LogP contribution is -2.42. The number of carbonyl (C=O) groups is 1. The fourth-order valence-electron chi connectivity index (χ4n) is 4.39. The van der Waals surface area contributed by atoms with Gasteiger partial charge < -0.3 is 10.4 Å². The molecule has 2 aromatic carbocycles. The number of nitro groups is 1. The van der Waals surface area contributed by atoms with Gasteiger partial charge in [0.15, 0.2) is 0 Å². The molecule has 1 saturated carbocycles. The topological polar surface area (TPSA) is 92.5 Å². The van der Waals surface area contributed by atoms with Crippen LogP contribution in [0.5, 0.6) is 0 Å². The molecule has 3 atom stereocenters. The third kappa shape index (κ3) is 6.12. The van der Waals surface area contributed by atoms with Gasteiger partial charge in [0.2, 0.25) is 0 Å². The molecule has 3 rings (SSSR count). The van der Waals surface area contributed by atoms with Gasteiger partial charge in [-0.1, -0.05) is 55.0 Å². The number of carboxylic acid groups (broad SMARTS) is 1. The quantitative estimate of drug-likeness (QED) is 0.459. The van der Waals surface area contributed by atoms with Crippen LogP contribution in [0.2, 0.25) is 0 Å². The largest absolute Gasteiger partial charge is 0.481 e. The molecule has 1 fully saturated rings. The van der Waals surface area contributed by atoms with Crippen molar-refractivity contribution in [1.29, 1.82) is 0 Å². The van der Waals surface area contributed by atoms with E-state index in [1.807, 2.05) is 30.3 Å². The zero-order valence-electron chi connectivity index (χ0n) is 16.5. The van der Waals surface area contributed by atoms with Gasteiger partial charge in [0, 0.05) is 30.1 Å². The van der Waals surface area contributed by atoms with Gasteiger partial charge in [-0.3, -0.25) is 14.9 Å². The Morgan fingerprint density at radius 2 is 1.86 bits per heavy atom. The summed E-state index contributed by atoms with van der Waals surface area (Å²) in [7, 11) is 0. The number of hydrogen-bond acceptors (Lipinski definition) is 4. The van der Waals surface area contributed by atoms with E-state index in [0.29, 0.717) is 18.8 Å². The first-order valence-corrected chi connectivity index (χ1v) is 10.3. The van der Waals surface area contributed by atoms with E-state index in [2.05, 4.69) is 17.4 Å². The molecule has 154 valence electrons. The first-order valence-electron chi connectivity index (χ1n) is 10.3. The number of aliphatic carboxylic acids is 1. The summed E-state index contributed by atoms with van der Waals surface area (Å²) >= 11 is 0. The van der Waals surface area contributed by atoms with Crippen LogP contribution in [0.3, 0.4) is 0 Å². The van der Waals surface area contributed by atoms with E-state index < -0.39 is 5.97 Å². The van der Waals surface area contributed by atoms with Crippen molar-refractivity contribution in [3.8, 4) is 0 Å². The lowest BCUT2D eigenvalue weighted by molar-refractivity contribution is -0.385. The molecule has 0 bridgehead atoms. The summed E-state index contributed by atoms with van der Waals surface area (Å²) in [5, 5.41) is 24.2. The zero-order chi connectivity index (χ0) is 20.6. The molecule has 2 N–H and O–H groups in total. The molecule has 0 aromatic heterocycles. The van der Waals surface area contributed by atoms with Crippen molar-refractivity contribution in [2.45, 2.75) is 57.0 Å². The van der Waals surface area contributed by atoms with Crippen molar-refractivity contribution < 1.29 is 14.8 Å². The minimum Gasteiger partial charge on any atom is -0.481 e. The molecule has 1 aliphatic carbocycles. The maximum atomic E-state index is 11.3. The minimum absolute atomic E-state index is 0.0739. The summed E-state index contributed by atoms with van der Waals surface area (Å²) in [5.74, 6) is -0.466. The summed E-state index contributed by atoms with van der Waals surface area (Å²) in [6, 6.07) is 17.4. The second kappa shape index (κ2) is 10.2. The number of carboxylic acids is 1. The molecule has 29 heavy (non-hydrogen) atoms. The molecule has 6 nitrogen and oxygen atoms in total. The minimum atomic E-state index is -0.784.